The fourth-order valence-corrected chi connectivity index (χ4v) is 3.86. The Morgan fingerprint density at radius 3 is 2.85 bits per heavy atom. The second-order valence-electron chi connectivity index (χ2n) is 7.78. The van der Waals surface area contributed by atoms with Crippen molar-refractivity contribution in [3.63, 3.8) is 0 Å². The molecule has 33 heavy (non-hydrogen) atoms. The van der Waals surface area contributed by atoms with Gasteiger partial charge in [0.15, 0.2) is 11.4 Å². The van der Waals surface area contributed by atoms with E-state index in [1.807, 2.05) is 32.2 Å². The summed E-state index contributed by atoms with van der Waals surface area (Å²) in [6, 6.07) is 7.40. The Hall–Kier alpha value is -4.11. The van der Waals surface area contributed by atoms with Crippen molar-refractivity contribution in [2.75, 3.05) is 24.3 Å². The van der Waals surface area contributed by atoms with Gasteiger partial charge >= 0.3 is 0 Å². The molecule has 9 nitrogen and oxygen atoms in total. The van der Waals surface area contributed by atoms with Crippen LogP contribution in [0.1, 0.15) is 34.3 Å². The van der Waals surface area contributed by atoms with Crippen LogP contribution in [0, 0.1) is 6.92 Å². The molecule has 1 atom stereocenters. The molecule has 5 heterocycles. The zero-order valence-corrected chi connectivity index (χ0v) is 18.2. The van der Waals surface area contributed by atoms with Gasteiger partial charge < -0.3 is 20.5 Å². The lowest BCUT2D eigenvalue weighted by molar-refractivity contribution is 0.0989. The van der Waals surface area contributed by atoms with Crippen LogP contribution in [0.2, 0.25) is 0 Å². The van der Waals surface area contributed by atoms with Gasteiger partial charge in [0, 0.05) is 65.9 Å². The average Bonchev–Trinajstić information content (AvgIpc) is 2.84. The number of anilines is 2. The summed E-state index contributed by atoms with van der Waals surface area (Å²) >= 11 is 0. The fourth-order valence-electron chi connectivity index (χ4n) is 3.86. The van der Waals surface area contributed by atoms with Gasteiger partial charge in [-0.05, 0) is 25.1 Å². The van der Waals surface area contributed by atoms with E-state index in [9.17, 15) is 9.90 Å². The lowest BCUT2D eigenvalue weighted by Gasteiger charge is -2.23. The molecule has 1 aliphatic heterocycles. The molecule has 1 aliphatic rings. The molecule has 9 heteroatoms. The first-order valence-electron chi connectivity index (χ1n) is 10.5. The maximum Gasteiger partial charge on any atom is 0.278 e. The van der Waals surface area contributed by atoms with Crippen LogP contribution in [0.3, 0.4) is 0 Å². The van der Waals surface area contributed by atoms with E-state index in [-0.39, 0.29) is 5.69 Å². The molecule has 0 fully saturated rings. The van der Waals surface area contributed by atoms with E-state index in [2.05, 4.69) is 30.6 Å². The van der Waals surface area contributed by atoms with Crippen LogP contribution >= 0.6 is 0 Å². The highest BCUT2D eigenvalue weighted by Gasteiger charge is 2.26. The van der Waals surface area contributed by atoms with Gasteiger partial charge in [0.05, 0.1) is 30.1 Å². The van der Waals surface area contributed by atoms with Gasteiger partial charge in [0.2, 0.25) is 0 Å². The maximum atomic E-state index is 13.0. The second-order valence-corrected chi connectivity index (χ2v) is 7.78. The lowest BCUT2D eigenvalue weighted by Crippen LogP contribution is -2.21. The van der Waals surface area contributed by atoms with Crippen molar-refractivity contribution in [3.8, 4) is 16.9 Å². The summed E-state index contributed by atoms with van der Waals surface area (Å²) < 4.78 is 5.64. The first-order chi connectivity index (χ1) is 16.0. The largest absolute Gasteiger partial charge is 0.491 e. The number of aryl methyl sites for hydroxylation is 1. The Balaban J connectivity index is 1.46. The molecule has 0 spiro atoms. The van der Waals surface area contributed by atoms with Crippen LogP contribution in [-0.4, -0.2) is 44.6 Å². The summed E-state index contributed by atoms with van der Waals surface area (Å²) in [5.74, 6) is 0.637. The summed E-state index contributed by atoms with van der Waals surface area (Å²) in [7, 11) is 1.81. The number of fused-ring (bicyclic) bond motifs is 2. The number of hydrogen-bond acceptors (Lipinski definition) is 8. The molecular weight excluding hydrogens is 420 g/mol. The monoisotopic (exact) mass is 442 g/mol. The molecule has 0 radical (unpaired) electrons. The van der Waals surface area contributed by atoms with E-state index >= 15 is 0 Å². The highest BCUT2D eigenvalue weighted by molar-refractivity contribution is 6.05. The second kappa shape index (κ2) is 8.44. The third kappa shape index (κ3) is 3.94. The number of nitrogens with zero attached hydrogens (tertiary/aromatic N) is 4. The molecule has 0 saturated carbocycles. The topological polar surface area (TPSA) is 122 Å². The number of aliphatic hydroxyl groups excluding tert-OH is 1. The predicted octanol–water partition coefficient (Wildman–Crippen LogP) is 3.51. The molecule has 4 aromatic heterocycles. The smallest absolute Gasteiger partial charge is 0.278 e. The first kappa shape index (κ1) is 20.8. The third-order valence-corrected chi connectivity index (χ3v) is 5.62. The molecule has 1 unspecified atom stereocenters. The quantitative estimate of drug-likeness (QED) is 0.439. The van der Waals surface area contributed by atoms with Crippen molar-refractivity contribution in [2.45, 2.75) is 19.4 Å². The van der Waals surface area contributed by atoms with Gasteiger partial charge in [0.1, 0.15) is 5.82 Å². The molecule has 0 aromatic carbocycles. The number of hydrogen-bond donors (Lipinski definition) is 3. The van der Waals surface area contributed by atoms with Crippen molar-refractivity contribution in [2.24, 2.45) is 0 Å². The van der Waals surface area contributed by atoms with E-state index in [4.69, 9.17) is 4.74 Å². The fraction of sp³-hybridized carbons (Fsp3) is 0.208. The maximum absolute atomic E-state index is 13.0. The van der Waals surface area contributed by atoms with Crippen LogP contribution in [0.5, 0.6) is 5.75 Å². The van der Waals surface area contributed by atoms with E-state index in [1.54, 1.807) is 24.7 Å². The minimum Gasteiger partial charge on any atom is -0.491 e. The van der Waals surface area contributed by atoms with Gasteiger partial charge in [-0.3, -0.25) is 14.8 Å². The van der Waals surface area contributed by atoms with E-state index in [0.29, 0.717) is 30.0 Å². The standard InChI is InChI=1S/C24H22N6O3/c1-13-18(14-7-15-11-29-21(25-2)9-19(15)28-10-14)8-16(12-27-13)30-24(32)22-23-17(3-5-26-22)20(31)4-6-33-23/h3,5,7-12,20,31H,4,6H2,1-2H3,(H,25,29)(H,30,32). The van der Waals surface area contributed by atoms with Gasteiger partial charge in [-0.1, -0.05) is 0 Å². The number of rotatable bonds is 4. The number of ether oxygens (including phenoxy) is 1. The molecular formula is C24H22N6O3. The zero-order chi connectivity index (χ0) is 22.9. The Labute approximate surface area is 189 Å². The van der Waals surface area contributed by atoms with Crippen LogP contribution < -0.4 is 15.4 Å². The number of carbonyl (C=O) groups excluding carboxylic acids is 1. The van der Waals surface area contributed by atoms with Gasteiger partial charge in [-0.25, -0.2) is 9.97 Å². The Bertz CT molecular complexity index is 1370. The SMILES string of the molecule is CNc1cc2ncc(-c3cc(NC(=O)c4nccc5c4OCCC5O)cnc3C)cc2cn1. The van der Waals surface area contributed by atoms with Crippen molar-refractivity contribution < 1.29 is 14.6 Å². The van der Waals surface area contributed by atoms with Crippen molar-refractivity contribution in [1.29, 1.82) is 0 Å². The summed E-state index contributed by atoms with van der Waals surface area (Å²) in [6.45, 7) is 2.23. The van der Waals surface area contributed by atoms with Crippen molar-refractivity contribution in [3.05, 3.63) is 66.0 Å². The van der Waals surface area contributed by atoms with E-state index in [1.165, 1.54) is 6.20 Å². The molecule has 5 rings (SSSR count). The highest BCUT2D eigenvalue weighted by Crippen LogP contribution is 2.34. The first-order valence-corrected chi connectivity index (χ1v) is 10.5. The molecule has 4 aromatic rings. The Kier molecular flexibility index (Phi) is 5.31. The molecule has 1 amide bonds. The molecule has 166 valence electrons. The van der Waals surface area contributed by atoms with Crippen molar-refractivity contribution >= 4 is 28.3 Å². The van der Waals surface area contributed by atoms with Gasteiger partial charge in [0.25, 0.3) is 5.91 Å². The van der Waals surface area contributed by atoms with Gasteiger partial charge in [-0.2, -0.15) is 0 Å². The predicted molar refractivity (Wildman–Crippen MR) is 124 cm³/mol. The number of pyridine rings is 4. The normalized spacial score (nSPS) is 14.9. The van der Waals surface area contributed by atoms with Crippen LogP contribution in [-0.2, 0) is 0 Å². The summed E-state index contributed by atoms with van der Waals surface area (Å²) in [5, 5.41) is 16.9. The zero-order valence-electron chi connectivity index (χ0n) is 18.2. The van der Waals surface area contributed by atoms with Gasteiger partial charge in [-0.15, -0.1) is 0 Å². The number of aliphatic hydroxyl groups is 1. The van der Waals surface area contributed by atoms with Crippen LogP contribution in [0.25, 0.3) is 22.0 Å². The molecule has 0 aliphatic carbocycles. The number of nitrogens with one attached hydrogen (secondary N) is 2. The Morgan fingerprint density at radius 1 is 1.12 bits per heavy atom. The molecule has 0 saturated heterocycles. The van der Waals surface area contributed by atoms with Crippen molar-refractivity contribution in [1.82, 2.24) is 19.9 Å². The summed E-state index contributed by atoms with van der Waals surface area (Å²) in [5.41, 5.74) is 4.55. The summed E-state index contributed by atoms with van der Waals surface area (Å²) in [4.78, 5) is 30.5. The summed E-state index contributed by atoms with van der Waals surface area (Å²) in [6.07, 6.45) is 6.45. The van der Waals surface area contributed by atoms with E-state index in [0.717, 1.165) is 33.5 Å². The number of carbonyl (C=O) groups is 1. The number of amides is 1. The third-order valence-electron chi connectivity index (χ3n) is 5.62. The highest BCUT2D eigenvalue weighted by atomic mass is 16.5. The lowest BCUT2D eigenvalue weighted by atomic mass is 10.0. The Morgan fingerprint density at radius 2 is 2.00 bits per heavy atom. The minimum atomic E-state index is -0.671. The molecule has 3 N–H and O–H groups in total. The van der Waals surface area contributed by atoms with E-state index < -0.39 is 12.0 Å². The minimum absolute atomic E-state index is 0.132. The average molecular weight is 442 g/mol. The number of aromatic nitrogens is 4. The van der Waals surface area contributed by atoms with Crippen LogP contribution in [0.15, 0.2) is 49.1 Å². The molecule has 0 bridgehead atoms. The van der Waals surface area contributed by atoms with Crippen LogP contribution in [0.4, 0.5) is 11.5 Å².